The van der Waals surface area contributed by atoms with Gasteiger partial charge >= 0.3 is 6.09 Å². The van der Waals surface area contributed by atoms with Gasteiger partial charge in [-0.25, -0.2) is 4.79 Å². The van der Waals surface area contributed by atoms with Crippen molar-refractivity contribution in [2.24, 2.45) is 0 Å². The molecule has 0 radical (unpaired) electrons. The fourth-order valence-electron chi connectivity index (χ4n) is 3.23. The molecule has 10 heteroatoms. The van der Waals surface area contributed by atoms with Crippen molar-refractivity contribution in [2.75, 3.05) is 31.7 Å². The molecular weight excluding hydrogens is 458 g/mol. The monoisotopic (exact) mass is 497 g/mol. The molecule has 0 aliphatic heterocycles. The molecule has 0 spiro atoms. The molecule has 1 aromatic rings. The Morgan fingerprint density at radius 2 is 1.82 bits per heavy atom. The Bertz CT molecular complexity index is 782. The maximum absolute atomic E-state index is 13.7. The maximum atomic E-state index is 13.7. The quantitative estimate of drug-likeness (QED) is 0.309. The SMILES string of the molecule is CCCCNC(=O)C(c1ccc(O)cc1)N(CCO)C(=O)C(CCSC)NC(=O)OC(C)(C)C. The third-order valence-electron chi connectivity index (χ3n) is 4.82. The van der Waals surface area contributed by atoms with Gasteiger partial charge in [0.2, 0.25) is 11.8 Å². The average molecular weight is 498 g/mol. The predicted octanol–water partition coefficient (Wildman–Crippen LogP) is 2.82. The Morgan fingerprint density at radius 1 is 1.18 bits per heavy atom. The van der Waals surface area contributed by atoms with E-state index in [2.05, 4.69) is 10.6 Å². The molecule has 0 saturated heterocycles. The molecular formula is C24H39N3O6S. The first kappa shape index (κ1) is 29.6. The summed E-state index contributed by atoms with van der Waals surface area (Å²) in [4.78, 5) is 40.6. The summed E-state index contributed by atoms with van der Waals surface area (Å²) in [6.45, 7) is 7.14. The normalized spacial score (nSPS) is 13.0. The van der Waals surface area contributed by atoms with E-state index in [1.54, 1.807) is 32.9 Å². The van der Waals surface area contributed by atoms with Crippen molar-refractivity contribution >= 4 is 29.7 Å². The molecule has 0 heterocycles. The van der Waals surface area contributed by atoms with Crippen LogP contribution in [-0.4, -0.2) is 76.4 Å². The number of carbonyl (C=O) groups excluding carboxylic acids is 3. The van der Waals surface area contributed by atoms with E-state index in [1.165, 1.54) is 28.8 Å². The van der Waals surface area contributed by atoms with Gasteiger partial charge in [-0.3, -0.25) is 9.59 Å². The van der Waals surface area contributed by atoms with Crippen LogP contribution in [0.5, 0.6) is 5.75 Å². The average Bonchev–Trinajstić information content (AvgIpc) is 2.76. The van der Waals surface area contributed by atoms with Gasteiger partial charge in [0, 0.05) is 13.1 Å². The number of aromatic hydroxyl groups is 1. The molecule has 0 aromatic heterocycles. The first-order valence-corrected chi connectivity index (χ1v) is 12.9. The maximum Gasteiger partial charge on any atom is 0.408 e. The number of amides is 3. The lowest BCUT2D eigenvalue weighted by atomic mass is 10.0. The van der Waals surface area contributed by atoms with E-state index >= 15 is 0 Å². The Labute approximate surface area is 206 Å². The molecule has 1 rings (SSSR count). The van der Waals surface area contributed by atoms with Crippen LogP contribution in [0, 0.1) is 0 Å². The number of hydrogen-bond donors (Lipinski definition) is 4. The van der Waals surface area contributed by atoms with Crippen LogP contribution in [0.4, 0.5) is 4.79 Å². The third kappa shape index (κ3) is 10.2. The first-order chi connectivity index (χ1) is 16.0. The molecule has 0 aliphatic rings. The highest BCUT2D eigenvalue weighted by atomic mass is 32.2. The van der Waals surface area contributed by atoms with E-state index < -0.39 is 35.6 Å². The molecule has 34 heavy (non-hydrogen) atoms. The van der Waals surface area contributed by atoms with Crippen molar-refractivity contribution < 1.29 is 29.3 Å². The number of phenols is 1. The van der Waals surface area contributed by atoms with Gasteiger partial charge in [-0.15, -0.1) is 0 Å². The van der Waals surface area contributed by atoms with Crippen LogP contribution in [0.1, 0.15) is 58.6 Å². The van der Waals surface area contributed by atoms with Crippen LogP contribution in [0.15, 0.2) is 24.3 Å². The van der Waals surface area contributed by atoms with Crippen LogP contribution in [0.25, 0.3) is 0 Å². The van der Waals surface area contributed by atoms with Gasteiger partial charge in [0.15, 0.2) is 0 Å². The van der Waals surface area contributed by atoms with Crippen molar-refractivity contribution in [1.82, 2.24) is 15.5 Å². The van der Waals surface area contributed by atoms with Crippen molar-refractivity contribution in [3.63, 3.8) is 0 Å². The topological polar surface area (TPSA) is 128 Å². The number of aliphatic hydroxyl groups is 1. The van der Waals surface area contributed by atoms with E-state index in [9.17, 15) is 24.6 Å². The number of ether oxygens (including phenoxy) is 1. The fourth-order valence-corrected chi connectivity index (χ4v) is 3.70. The number of alkyl carbamates (subject to hydrolysis) is 1. The van der Waals surface area contributed by atoms with E-state index in [-0.39, 0.29) is 18.9 Å². The number of nitrogens with one attached hydrogen (secondary N) is 2. The van der Waals surface area contributed by atoms with Crippen LogP contribution < -0.4 is 10.6 Å². The van der Waals surface area contributed by atoms with Crippen LogP contribution in [-0.2, 0) is 14.3 Å². The highest BCUT2D eigenvalue weighted by molar-refractivity contribution is 7.98. The third-order valence-corrected chi connectivity index (χ3v) is 5.47. The number of nitrogens with zero attached hydrogens (tertiary/aromatic N) is 1. The number of thioether (sulfide) groups is 1. The molecule has 1 aromatic carbocycles. The van der Waals surface area contributed by atoms with E-state index in [4.69, 9.17) is 4.74 Å². The molecule has 0 aliphatic carbocycles. The Hall–Kier alpha value is -2.46. The van der Waals surface area contributed by atoms with Gasteiger partial charge in [0.25, 0.3) is 0 Å². The van der Waals surface area contributed by atoms with Crippen LogP contribution in [0.2, 0.25) is 0 Å². The largest absolute Gasteiger partial charge is 0.508 e. The number of hydrogen-bond acceptors (Lipinski definition) is 7. The second-order valence-electron chi connectivity index (χ2n) is 8.87. The summed E-state index contributed by atoms with van der Waals surface area (Å²) in [5.41, 5.74) is -0.259. The van der Waals surface area contributed by atoms with Crippen molar-refractivity contribution in [1.29, 1.82) is 0 Å². The molecule has 3 amide bonds. The van der Waals surface area contributed by atoms with E-state index in [0.717, 1.165) is 12.8 Å². The highest BCUT2D eigenvalue weighted by Gasteiger charge is 2.35. The predicted molar refractivity (Wildman–Crippen MR) is 134 cm³/mol. The lowest BCUT2D eigenvalue weighted by molar-refractivity contribution is -0.143. The lowest BCUT2D eigenvalue weighted by Gasteiger charge is -2.34. The first-order valence-electron chi connectivity index (χ1n) is 11.5. The van der Waals surface area contributed by atoms with Gasteiger partial charge in [-0.2, -0.15) is 11.8 Å². The van der Waals surface area contributed by atoms with Gasteiger partial charge in [0.1, 0.15) is 23.4 Å². The summed E-state index contributed by atoms with van der Waals surface area (Å²) in [6.07, 6.45) is 3.14. The number of carbonyl (C=O) groups is 3. The van der Waals surface area contributed by atoms with Crippen molar-refractivity contribution in [3.05, 3.63) is 29.8 Å². The number of rotatable bonds is 13. The van der Waals surface area contributed by atoms with Crippen molar-refractivity contribution in [2.45, 2.75) is 64.6 Å². The molecule has 9 nitrogen and oxygen atoms in total. The molecule has 192 valence electrons. The fraction of sp³-hybridized carbons (Fsp3) is 0.625. The zero-order valence-electron chi connectivity index (χ0n) is 20.8. The van der Waals surface area contributed by atoms with Crippen molar-refractivity contribution in [3.8, 4) is 5.75 Å². The Morgan fingerprint density at radius 3 is 2.35 bits per heavy atom. The molecule has 0 fully saturated rings. The summed E-state index contributed by atoms with van der Waals surface area (Å²) < 4.78 is 5.33. The number of unbranched alkanes of at least 4 members (excludes halogenated alkanes) is 1. The molecule has 0 saturated carbocycles. The molecule has 0 bridgehead atoms. The molecule has 2 atom stereocenters. The number of benzene rings is 1. The Kier molecular flexibility index (Phi) is 12.8. The minimum Gasteiger partial charge on any atom is -0.508 e. The van der Waals surface area contributed by atoms with E-state index in [1.807, 2.05) is 13.2 Å². The number of aliphatic hydroxyl groups excluding tert-OH is 1. The van der Waals surface area contributed by atoms with Gasteiger partial charge in [0.05, 0.1) is 6.61 Å². The zero-order chi connectivity index (χ0) is 25.7. The summed E-state index contributed by atoms with van der Waals surface area (Å²) in [6, 6.07) is 4.01. The summed E-state index contributed by atoms with van der Waals surface area (Å²) in [5.74, 6) is -0.288. The van der Waals surface area contributed by atoms with Crippen LogP contribution >= 0.6 is 11.8 Å². The zero-order valence-corrected chi connectivity index (χ0v) is 21.6. The molecule has 4 N–H and O–H groups in total. The second-order valence-corrected chi connectivity index (χ2v) is 9.86. The second kappa shape index (κ2) is 14.7. The summed E-state index contributed by atoms with van der Waals surface area (Å²) >= 11 is 1.52. The smallest absolute Gasteiger partial charge is 0.408 e. The minimum absolute atomic E-state index is 0.0263. The van der Waals surface area contributed by atoms with Gasteiger partial charge in [-0.1, -0.05) is 25.5 Å². The van der Waals surface area contributed by atoms with Crippen LogP contribution in [0.3, 0.4) is 0 Å². The molecule has 2 unspecified atom stereocenters. The van der Waals surface area contributed by atoms with Gasteiger partial charge in [-0.05, 0) is 63.3 Å². The van der Waals surface area contributed by atoms with Gasteiger partial charge < -0.3 is 30.5 Å². The summed E-state index contributed by atoms with van der Waals surface area (Å²) in [5, 5.41) is 24.9. The van der Waals surface area contributed by atoms with E-state index in [0.29, 0.717) is 24.3 Å². The Balaban J connectivity index is 3.31. The standard InChI is InChI=1S/C24H39N3O6S/c1-6-7-13-25-21(30)20(17-8-10-18(29)11-9-17)27(14-15-28)22(31)19(12-16-34-5)26-23(32)33-24(2,3)4/h8-11,19-20,28-29H,6-7,12-16H2,1-5H3,(H,25,30)(H,26,32). The number of phenolic OH excluding ortho intramolecular Hbond substituents is 1. The summed E-state index contributed by atoms with van der Waals surface area (Å²) in [7, 11) is 0. The highest BCUT2D eigenvalue weighted by Crippen LogP contribution is 2.25. The minimum atomic E-state index is -1.05. The lowest BCUT2D eigenvalue weighted by Crippen LogP contribution is -2.54.